The maximum Gasteiger partial charge on any atom is 0.226 e. The standard InChI is InChI=1S/C12H12BrNO2/c1-7(15)11-8(2)16-12(14-11)9-4-3-5-10(13)6-9/h3-7,15H,1-2H3. The van der Waals surface area contributed by atoms with Crippen molar-refractivity contribution in [2.24, 2.45) is 0 Å². The lowest BCUT2D eigenvalue weighted by Crippen LogP contribution is -1.93. The van der Waals surface area contributed by atoms with E-state index in [1.165, 1.54) is 0 Å². The van der Waals surface area contributed by atoms with Gasteiger partial charge in [0.1, 0.15) is 11.5 Å². The van der Waals surface area contributed by atoms with E-state index in [0.717, 1.165) is 10.0 Å². The zero-order valence-electron chi connectivity index (χ0n) is 9.07. The first kappa shape index (κ1) is 11.4. The van der Waals surface area contributed by atoms with Crippen LogP contribution in [0.2, 0.25) is 0 Å². The molecule has 2 rings (SSSR count). The summed E-state index contributed by atoms with van der Waals surface area (Å²) in [6.07, 6.45) is -0.607. The monoisotopic (exact) mass is 281 g/mol. The molecule has 2 aromatic rings. The SMILES string of the molecule is Cc1oc(-c2cccc(Br)c2)nc1C(C)O. The van der Waals surface area contributed by atoms with Crippen LogP contribution in [-0.2, 0) is 0 Å². The highest BCUT2D eigenvalue weighted by Crippen LogP contribution is 2.26. The van der Waals surface area contributed by atoms with E-state index in [1.54, 1.807) is 13.8 Å². The second-order valence-electron chi connectivity index (χ2n) is 3.65. The van der Waals surface area contributed by atoms with Gasteiger partial charge < -0.3 is 9.52 Å². The summed E-state index contributed by atoms with van der Waals surface area (Å²) >= 11 is 3.39. The fraction of sp³-hybridized carbons (Fsp3) is 0.250. The minimum Gasteiger partial charge on any atom is -0.441 e. The molecule has 1 aromatic heterocycles. The van der Waals surface area contributed by atoms with Gasteiger partial charge in [-0.15, -0.1) is 0 Å². The molecular weight excluding hydrogens is 270 g/mol. The molecule has 0 aliphatic carbocycles. The predicted octanol–water partition coefficient (Wildman–Crippen LogP) is 3.47. The van der Waals surface area contributed by atoms with Gasteiger partial charge in [-0.3, -0.25) is 0 Å². The summed E-state index contributed by atoms with van der Waals surface area (Å²) < 4.78 is 6.50. The molecule has 0 aliphatic heterocycles. The van der Waals surface area contributed by atoms with E-state index in [0.29, 0.717) is 17.3 Å². The van der Waals surface area contributed by atoms with Crippen molar-refractivity contribution in [3.63, 3.8) is 0 Å². The average molecular weight is 282 g/mol. The molecule has 0 fully saturated rings. The molecule has 0 radical (unpaired) electrons. The molecule has 4 heteroatoms. The van der Waals surface area contributed by atoms with Crippen LogP contribution in [-0.4, -0.2) is 10.1 Å². The third-order valence-corrected chi connectivity index (χ3v) is 2.79. The van der Waals surface area contributed by atoms with Gasteiger partial charge in [0, 0.05) is 10.0 Å². The van der Waals surface area contributed by atoms with E-state index in [4.69, 9.17) is 4.42 Å². The largest absolute Gasteiger partial charge is 0.441 e. The number of aliphatic hydroxyl groups is 1. The fourth-order valence-electron chi connectivity index (χ4n) is 1.54. The van der Waals surface area contributed by atoms with E-state index in [2.05, 4.69) is 20.9 Å². The molecular formula is C12H12BrNO2. The normalized spacial score (nSPS) is 12.8. The third kappa shape index (κ3) is 2.18. The van der Waals surface area contributed by atoms with Gasteiger partial charge in [-0.25, -0.2) is 4.98 Å². The number of aliphatic hydroxyl groups excluding tert-OH is 1. The van der Waals surface area contributed by atoms with Gasteiger partial charge >= 0.3 is 0 Å². The van der Waals surface area contributed by atoms with Crippen molar-refractivity contribution in [2.45, 2.75) is 20.0 Å². The summed E-state index contributed by atoms with van der Waals surface area (Å²) in [5, 5.41) is 9.49. The van der Waals surface area contributed by atoms with Gasteiger partial charge in [0.2, 0.25) is 5.89 Å². The minimum absolute atomic E-state index is 0.537. The zero-order valence-corrected chi connectivity index (χ0v) is 10.7. The summed E-state index contributed by atoms with van der Waals surface area (Å²) in [5.74, 6) is 1.19. The average Bonchev–Trinajstić information content (AvgIpc) is 2.60. The first-order chi connectivity index (χ1) is 7.58. The lowest BCUT2D eigenvalue weighted by molar-refractivity contribution is 0.193. The van der Waals surface area contributed by atoms with Crippen LogP contribution in [0.15, 0.2) is 33.2 Å². The van der Waals surface area contributed by atoms with Crippen LogP contribution in [0, 0.1) is 6.92 Å². The van der Waals surface area contributed by atoms with E-state index in [1.807, 2.05) is 24.3 Å². The number of oxazole rings is 1. The Hall–Kier alpha value is -1.13. The van der Waals surface area contributed by atoms with E-state index in [9.17, 15) is 5.11 Å². The number of rotatable bonds is 2. The summed E-state index contributed by atoms with van der Waals surface area (Å²) in [4.78, 5) is 4.28. The van der Waals surface area contributed by atoms with Crippen LogP contribution in [0.25, 0.3) is 11.5 Å². The van der Waals surface area contributed by atoms with Gasteiger partial charge in [0.15, 0.2) is 0 Å². The van der Waals surface area contributed by atoms with Crippen LogP contribution < -0.4 is 0 Å². The van der Waals surface area contributed by atoms with Gasteiger partial charge in [-0.2, -0.15) is 0 Å². The molecule has 0 aliphatic rings. The highest BCUT2D eigenvalue weighted by Gasteiger charge is 2.14. The maximum atomic E-state index is 9.49. The van der Waals surface area contributed by atoms with Crippen molar-refractivity contribution in [3.8, 4) is 11.5 Å². The quantitative estimate of drug-likeness (QED) is 0.917. The molecule has 0 spiro atoms. The summed E-state index contributed by atoms with van der Waals surface area (Å²) in [6, 6.07) is 7.70. The second-order valence-corrected chi connectivity index (χ2v) is 4.56. The first-order valence-electron chi connectivity index (χ1n) is 4.99. The number of nitrogens with zero attached hydrogens (tertiary/aromatic N) is 1. The van der Waals surface area contributed by atoms with Crippen molar-refractivity contribution in [2.75, 3.05) is 0 Å². The topological polar surface area (TPSA) is 46.3 Å². The van der Waals surface area contributed by atoms with Gasteiger partial charge in [-0.05, 0) is 32.0 Å². The number of benzene rings is 1. The van der Waals surface area contributed by atoms with Crippen LogP contribution >= 0.6 is 15.9 Å². The Labute approximate surface area is 102 Å². The lowest BCUT2D eigenvalue weighted by atomic mass is 10.2. The van der Waals surface area contributed by atoms with Crippen molar-refractivity contribution in [1.82, 2.24) is 4.98 Å². The molecule has 1 heterocycles. The van der Waals surface area contributed by atoms with Crippen molar-refractivity contribution in [3.05, 3.63) is 40.2 Å². The Morgan fingerprint density at radius 2 is 2.19 bits per heavy atom. The number of hydrogen-bond acceptors (Lipinski definition) is 3. The molecule has 0 amide bonds. The Bertz CT molecular complexity index is 505. The molecule has 0 saturated heterocycles. The summed E-state index contributed by atoms with van der Waals surface area (Å²) in [7, 11) is 0. The molecule has 3 nitrogen and oxygen atoms in total. The van der Waals surface area contributed by atoms with E-state index < -0.39 is 6.10 Å². The fourth-order valence-corrected chi connectivity index (χ4v) is 1.94. The molecule has 16 heavy (non-hydrogen) atoms. The van der Waals surface area contributed by atoms with E-state index >= 15 is 0 Å². The molecule has 0 bridgehead atoms. The molecule has 1 N–H and O–H groups in total. The zero-order chi connectivity index (χ0) is 11.7. The van der Waals surface area contributed by atoms with Crippen molar-refractivity contribution >= 4 is 15.9 Å². The number of aryl methyl sites for hydroxylation is 1. The highest BCUT2D eigenvalue weighted by molar-refractivity contribution is 9.10. The molecule has 1 aromatic carbocycles. The summed E-state index contributed by atoms with van der Waals surface area (Å²) in [6.45, 7) is 3.48. The lowest BCUT2D eigenvalue weighted by Gasteiger charge is -1.97. The highest BCUT2D eigenvalue weighted by atomic mass is 79.9. The predicted molar refractivity (Wildman–Crippen MR) is 65.0 cm³/mol. The number of hydrogen-bond donors (Lipinski definition) is 1. The van der Waals surface area contributed by atoms with Crippen LogP contribution in [0.1, 0.15) is 24.5 Å². The first-order valence-corrected chi connectivity index (χ1v) is 5.78. The molecule has 1 unspecified atom stereocenters. The van der Waals surface area contributed by atoms with Gasteiger partial charge in [0.05, 0.1) is 6.10 Å². The minimum atomic E-state index is -0.607. The van der Waals surface area contributed by atoms with E-state index in [-0.39, 0.29) is 0 Å². The molecule has 1 atom stereocenters. The Morgan fingerprint density at radius 3 is 2.75 bits per heavy atom. The van der Waals surface area contributed by atoms with Gasteiger partial charge in [0.25, 0.3) is 0 Å². The van der Waals surface area contributed by atoms with Crippen LogP contribution in [0.5, 0.6) is 0 Å². The number of aromatic nitrogens is 1. The Morgan fingerprint density at radius 1 is 1.44 bits per heavy atom. The molecule has 0 saturated carbocycles. The third-order valence-electron chi connectivity index (χ3n) is 2.30. The Kier molecular flexibility index (Phi) is 3.12. The summed E-state index contributed by atoms with van der Waals surface area (Å²) in [5.41, 5.74) is 1.49. The van der Waals surface area contributed by atoms with Gasteiger partial charge in [-0.1, -0.05) is 22.0 Å². The van der Waals surface area contributed by atoms with Crippen LogP contribution in [0.4, 0.5) is 0 Å². The smallest absolute Gasteiger partial charge is 0.226 e. The number of halogens is 1. The van der Waals surface area contributed by atoms with Crippen LogP contribution in [0.3, 0.4) is 0 Å². The molecule has 84 valence electrons. The second kappa shape index (κ2) is 4.39. The van der Waals surface area contributed by atoms with Crippen molar-refractivity contribution < 1.29 is 9.52 Å². The maximum absolute atomic E-state index is 9.49. The Balaban J connectivity index is 2.45. The van der Waals surface area contributed by atoms with Crippen molar-refractivity contribution in [1.29, 1.82) is 0 Å².